The van der Waals surface area contributed by atoms with E-state index in [0.29, 0.717) is 0 Å². The van der Waals surface area contributed by atoms with E-state index in [1.807, 2.05) is 0 Å². The zero-order valence-corrected chi connectivity index (χ0v) is 6.27. The van der Waals surface area contributed by atoms with E-state index in [4.69, 9.17) is 0 Å². The van der Waals surface area contributed by atoms with Gasteiger partial charge < -0.3 is 12.9 Å². The predicted octanol–water partition coefficient (Wildman–Crippen LogP) is 1.96. The molecule has 0 fully saturated rings. The summed E-state index contributed by atoms with van der Waals surface area (Å²) in [5, 5.41) is 0. The van der Waals surface area contributed by atoms with Gasteiger partial charge in [-0.25, -0.2) is 9.37 Å². The van der Waals surface area contributed by atoms with Crippen LogP contribution in [0.1, 0.15) is 5.69 Å². The van der Waals surface area contributed by atoms with Gasteiger partial charge in [0, 0.05) is 0 Å². The summed E-state index contributed by atoms with van der Waals surface area (Å²) in [4.78, 5) is 3.34. The van der Waals surface area contributed by atoms with Gasteiger partial charge >= 0.3 is 6.98 Å². The van der Waals surface area contributed by atoms with Crippen molar-refractivity contribution in [3.8, 4) is 11.7 Å². The molecule has 6 heteroatoms. The fourth-order valence-electron chi connectivity index (χ4n) is 0.606. The van der Waals surface area contributed by atoms with E-state index in [1.54, 1.807) is 5.92 Å². The molecule has 0 saturated carbocycles. The summed E-state index contributed by atoms with van der Waals surface area (Å²) in [6, 6.07) is 2.09. The lowest BCUT2D eigenvalue weighted by molar-refractivity contribution is 0.504. The van der Waals surface area contributed by atoms with Crippen LogP contribution >= 0.6 is 0 Å². The first-order valence-electron chi connectivity index (χ1n) is 3.31. The third kappa shape index (κ3) is 3.60. The van der Waals surface area contributed by atoms with Crippen molar-refractivity contribution in [1.29, 1.82) is 0 Å². The molecule has 68 valence electrons. The van der Waals surface area contributed by atoms with Crippen molar-refractivity contribution in [2.45, 2.75) is 0 Å². The van der Waals surface area contributed by atoms with E-state index in [2.05, 4.69) is 4.98 Å². The van der Waals surface area contributed by atoms with E-state index in [-0.39, 0.29) is 5.69 Å². The van der Waals surface area contributed by atoms with Crippen LogP contribution in [0.15, 0.2) is 18.3 Å². The maximum atomic E-state index is 12.2. The minimum atomic E-state index is -5.13. The van der Waals surface area contributed by atoms with Gasteiger partial charge in [-0.1, -0.05) is 5.92 Å². The minimum Gasteiger partial charge on any atom is -0.438 e. The number of aromatic nitrogens is 1. The molecule has 0 amide bonds. The smallest absolute Gasteiger partial charge is 0.438 e. The van der Waals surface area contributed by atoms with Crippen molar-refractivity contribution in [3.63, 3.8) is 0 Å². The highest BCUT2D eigenvalue weighted by atomic mass is 19.4. The van der Waals surface area contributed by atoms with Gasteiger partial charge in [0.1, 0.15) is 11.5 Å². The molecule has 0 atom stereocenters. The number of hydrogen-bond donors (Lipinski definition) is 0. The predicted molar refractivity (Wildman–Crippen MR) is 40.2 cm³/mol. The molecule has 0 N–H and O–H groups in total. The molecule has 1 aromatic heterocycles. The Bertz CT molecular complexity index is 345. The van der Waals surface area contributed by atoms with Crippen LogP contribution in [0, 0.1) is 17.6 Å². The first-order valence-corrected chi connectivity index (χ1v) is 3.31. The Morgan fingerprint density at radius 3 is 2.38 bits per heavy atom. The molecule has 0 saturated heterocycles. The lowest BCUT2D eigenvalue weighted by Gasteiger charge is -2.01. The number of rotatable bonds is 0. The molecule has 0 aliphatic carbocycles. The van der Waals surface area contributed by atoms with Gasteiger partial charge in [-0.15, -0.1) is 0 Å². The van der Waals surface area contributed by atoms with Gasteiger partial charge in [-0.05, 0) is 12.1 Å². The molecule has 0 aromatic carbocycles. The van der Waals surface area contributed by atoms with Gasteiger partial charge in [-0.3, -0.25) is 0 Å². The maximum Gasteiger partial charge on any atom is 0.558 e. The second-order valence-corrected chi connectivity index (χ2v) is 2.21. The summed E-state index contributed by atoms with van der Waals surface area (Å²) in [7, 11) is 0. The van der Waals surface area contributed by atoms with Gasteiger partial charge in [0.2, 0.25) is 0 Å². The van der Waals surface area contributed by atoms with Crippen molar-refractivity contribution in [1.82, 2.24) is 4.98 Å². The highest BCUT2D eigenvalue weighted by molar-refractivity contribution is 6.67. The Kier molecular flexibility index (Phi) is 2.56. The van der Waals surface area contributed by atoms with Crippen LogP contribution in [0.25, 0.3) is 0 Å². The molecule has 1 aromatic rings. The molecule has 0 aliphatic rings. The van der Waals surface area contributed by atoms with Crippen LogP contribution in [-0.4, -0.2) is 12.0 Å². The molecular weight excluding hydrogens is 185 g/mol. The Balaban J connectivity index is 2.85. The number of halogens is 4. The largest absolute Gasteiger partial charge is 0.558 e. The summed E-state index contributed by atoms with van der Waals surface area (Å²) in [6.45, 7) is -5.13. The molecule has 0 aliphatic heterocycles. The fourth-order valence-corrected chi connectivity index (χ4v) is 0.606. The Morgan fingerprint density at radius 1 is 1.23 bits per heavy atom. The van der Waals surface area contributed by atoms with Gasteiger partial charge in [0.15, 0.2) is 0 Å². The molecule has 0 spiro atoms. The van der Waals surface area contributed by atoms with Crippen LogP contribution in [0.5, 0.6) is 0 Å². The van der Waals surface area contributed by atoms with Crippen molar-refractivity contribution in [3.05, 3.63) is 29.8 Å². The quantitative estimate of drug-likeness (QED) is 0.344. The normalized spacial score (nSPS) is 10.5. The maximum absolute atomic E-state index is 12.2. The first-order chi connectivity index (χ1) is 5.97. The summed E-state index contributed by atoms with van der Waals surface area (Å²) in [5.41, 5.74) is -0.0967. The summed E-state index contributed by atoms with van der Waals surface area (Å²) in [5.74, 6) is 2.26. The van der Waals surface area contributed by atoms with Crippen LogP contribution in [-0.2, 0) is 0 Å². The monoisotopic (exact) mass is 188 g/mol. The van der Waals surface area contributed by atoms with Crippen molar-refractivity contribution in [2.75, 3.05) is 0 Å². The topological polar surface area (TPSA) is 12.9 Å². The third-order valence-electron chi connectivity index (χ3n) is 1.09. The molecule has 0 bridgehead atoms. The van der Waals surface area contributed by atoms with Gasteiger partial charge in [0.05, 0.1) is 6.20 Å². The number of pyridine rings is 1. The van der Waals surface area contributed by atoms with E-state index < -0.39 is 12.8 Å². The van der Waals surface area contributed by atoms with Crippen molar-refractivity contribution in [2.24, 2.45) is 0 Å². The third-order valence-corrected chi connectivity index (χ3v) is 1.09. The SMILES string of the molecule is Fc1ccc(C#C[B-](F)(F)F)nc1. The average molecular weight is 188 g/mol. The van der Waals surface area contributed by atoms with Crippen LogP contribution in [0.3, 0.4) is 0 Å². The van der Waals surface area contributed by atoms with Crippen LogP contribution < -0.4 is 0 Å². The van der Waals surface area contributed by atoms with Crippen LogP contribution in [0.2, 0.25) is 0 Å². The minimum absolute atomic E-state index is 0.0967. The molecule has 1 rings (SSSR count). The lowest BCUT2D eigenvalue weighted by atomic mass is 9.94. The molecule has 13 heavy (non-hydrogen) atoms. The van der Waals surface area contributed by atoms with Crippen LogP contribution in [0.4, 0.5) is 17.3 Å². The highest BCUT2D eigenvalue weighted by Crippen LogP contribution is 2.05. The van der Waals surface area contributed by atoms with Gasteiger partial charge in [-0.2, -0.15) is 5.82 Å². The Hall–Kier alpha value is -1.51. The number of nitrogens with zero attached hydrogens (tertiary/aromatic N) is 1. The molecule has 0 unspecified atom stereocenters. The molecule has 1 nitrogen and oxygen atoms in total. The standard InChI is InChI=1S/C7H3BF4N/c9-6-1-2-7(13-5-6)3-4-8(10,11)12/h1-2,5H/q-1. The lowest BCUT2D eigenvalue weighted by Crippen LogP contribution is -2.10. The summed E-state index contributed by atoms with van der Waals surface area (Å²) in [6.07, 6.45) is 0.813. The second kappa shape index (κ2) is 3.48. The molecule has 0 radical (unpaired) electrons. The Labute approximate surface area is 71.8 Å². The molecular formula is C7H3BF4N-. The average Bonchev–Trinajstić information content (AvgIpc) is 2.02. The summed E-state index contributed by atoms with van der Waals surface area (Å²) >= 11 is 0. The first kappa shape index (κ1) is 9.58. The van der Waals surface area contributed by atoms with Gasteiger partial charge in [0.25, 0.3) is 0 Å². The number of hydrogen-bond acceptors (Lipinski definition) is 1. The zero-order valence-electron chi connectivity index (χ0n) is 6.27. The Morgan fingerprint density at radius 2 is 1.92 bits per heavy atom. The van der Waals surface area contributed by atoms with Crippen molar-refractivity contribution < 1.29 is 17.3 Å². The zero-order chi connectivity index (χ0) is 9.90. The summed E-state index contributed by atoms with van der Waals surface area (Å²) < 4.78 is 47.1. The van der Waals surface area contributed by atoms with Crippen molar-refractivity contribution >= 4 is 6.98 Å². The fraction of sp³-hybridized carbons (Fsp3) is 0. The van der Waals surface area contributed by atoms with E-state index in [9.17, 15) is 17.3 Å². The second-order valence-electron chi connectivity index (χ2n) is 2.21. The van der Waals surface area contributed by atoms with E-state index >= 15 is 0 Å². The van der Waals surface area contributed by atoms with E-state index in [1.165, 1.54) is 0 Å². The van der Waals surface area contributed by atoms with E-state index in [0.717, 1.165) is 24.1 Å². The highest BCUT2D eigenvalue weighted by Gasteiger charge is 2.18. The molecule has 1 heterocycles.